The van der Waals surface area contributed by atoms with E-state index in [9.17, 15) is 10.1 Å². The van der Waals surface area contributed by atoms with Crippen LogP contribution in [-0.4, -0.2) is 12.5 Å². The first-order chi connectivity index (χ1) is 8.73. The quantitative estimate of drug-likeness (QED) is 0.751. The van der Waals surface area contributed by atoms with E-state index >= 15 is 0 Å². The van der Waals surface area contributed by atoms with Gasteiger partial charge < -0.3 is 4.90 Å². The van der Waals surface area contributed by atoms with E-state index in [-0.39, 0.29) is 11.3 Å². The molecule has 0 N–H and O–H groups in total. The molecule has 0 aromatic heterocycles. The van der Waals surface area contributed by atoms with Crippen LogP contribution in [0, 0.1) is 11.3 Å². The van der Waals surface area contributed by atoms with E-state index in [1.807, 2.05) is 4.90 Å². The smallest absolute Gasteiger partial charge is 0.231 e. The topological polar surface area (TPSA) is 44.1 Å². The minimum atomic E-state index is -0.237. The van der Waals surface area contributed by atoms with E-state index in [0.29, 0.717) is 6.42 Å². The Labute approximate surface area is 106 Å². The maximum absolute atomic E-state index is 12.0. The molecule has 4 rings (SSSR count). The molecule has 1 saturated carbocycles. The Bertz CT molecular complexity index is 608. The number of benzene rings is 1. The minimum Gasteiger partial charge on any atom is -0.312 e. The fraction of sp³-hybridized carbons (Fsp3) is 0.467. The molecule has 18 heavy (non-hydrogen) atoms. The number of rotatable bonds is 1. The van der Waals surface area contributed by atoms with Crippen LogP contribution in [0.15, 0.2) is 12.1 Å². The van der Waals surface area contributed by atoms with E-state index in [4.69, 9.17) is 0 Å². The minimum absolute atomic E-state index is 0.227. The van der Waals surface area contributed by atoms with Crippen LogP contribution in [0.3, 0.4) is 0 Å². The first-order valence-corrected chi connectivity index (χ1v) is 6.61. The van der Waals surface area contributed by atoms with Gasteiger partial charge in [-0.15, -0.1) is 0 Å². The Kier molecular flexibility index (Phi) is 1.77. The summed E-state index contributed by atoms with van der Waals surface area (Å²) in [5.41, 5.74) is 4.49. The highest BCUT2D eigenvalue weighted by Crippen LogP contribution is 2.50. The van der Waals surface area contributed by atoms with E-state index < -0.39 is 0 Å². The summed E-state index contributed by atoms with van der Waals surface area (Å²) in [5, 5.41) is 9.31. The molecule has 90 valence electrons. The molecule has 0 atom stereocenters. The highest BCUT2D eigenvalue weighted by molar-refractivity contribution is 6.02. The zero-order valence-corrected chi connectivity index (χ0v) is 10.2. The summed E-state index contributed by atoms with van der Waals surface area (Å²) < 4.78 is 0. The number of hydrogen-bond donors (Lipinski definition) is 0. The van der Waals surface area contributed by atoms with Gasteiger partial charge in [0.25, 0.3) is 0 Å². The SMILES string of the molecule is N#CC1(c2cc3c4c(c2)CC(=O)N4CCC3)CC1. The van der Waals surface area contributed by atoms with Crippen molar-refractivity contribution in [3.63, 3.8) is 0 Å². The Morgan fingerprint density at radius 1 is 1.28 bits per heavy atom. The molecule has 3 heteroatoms. The van der Waals surface area contributed by atoms with Crippen LogP contribution in [-0.2, 0) is 23.1 Å². The number of nitriles is 1. The highest BCUT2D eigenvalue weighted by atomic mass is 16.2. The van der Waals surface area contributed by atoms with Crippen molar-refractivity contribution in [3.05, 3.63) is 28.8 Å². The molecule has 2 heterocycles. The van der Waals surface area contributed by atoms with Gasteiger partial charge in [-0.3, -0.25) is 4.79 Å². The number of hydrogen-bond acceptors (Lipinski definition) is 2. The first-order valence-electron chi connectivity index (χ1n) is 6.61. The van der Waals surface area contributed by atoms with Crippen molar-refractivity contribution in [1.29, 1.82) is 5.26 Å². The summed E-state index contributed by atoms with van der Waals surface area (Å²) in [7, 11) is 0. The molecule has 0 radical (unpaired) electrons. The summed E-state index contributed by atoms with van der Waals surface area (Å²) in [6.07, 6.45) is 4.55. The maximum atomic E-state index is 12.0. The molecule has 1 aliphatic carbocycles. The van der Waals surface area contributed by atoms with Gasteiger partial charge in [0.1, 0.15) is 0 Å². The van der Waals surface area contributed by atoms with Crippen LogP contribution in [0.4, 0.5) is 5.69 Å². The van der Waals surface area contributed by atoms with Crippen molar-refractivity contribution in [1.82, 2.24) is 0 Å². The van der Waals surface area contributed by atoms with Gasteiger partial charge in [-0.05, 0) is 42.4 Å². The van der Waals surface area contributed by atoms with Crippen molar-refractivity contribution < 1.29 is 4.79 Å². The first kappa shape index (κ1) is 10.1. The fourth-order valence-corrected chi connectivity index (χ4v) is 3.35. The summed E-state index contributed by atoms with van der Waals surface area (Å²) in [5.74, 6) is 0.227. The third-order valence-corrected chi connectivity index (χ3v) is 4.52. The lowest BCUT2D eigenvalue weighted by atomic mass is 9.90. The number of aryl methyl sites for hydroxylation is 1. The molecule has 3 nitrogen and oxygen atoms in total. The molecular formula is C15H14N2O. The van der Waals surface area contributed by atoms with Gasteiger partial charge in [0.2, 0.25) is 5.91 Å². The number of carbonyl (C=O) groups is 1. The molecule has 0 saturated heterocycles. The van der Waals surface area contributed by atoms with Crippen molar-refractivity contribution in [2.75, 3.05) is 11.4 Å². The van der Waals surface area contributed by atoms with Crippen LogP contribution in [0.5, 0.6) is 0 Å². The summed E-state index contributed by atoms with van der Waals surface area (Å²) in [6.45, 7) is 0.863. The maximum Gasteiger partial charge on any atom is 0.231 e. The predicted octanol–water partition coefficient (Wildman–Crippen LogP) is 2.08. The number of carbonyl (C=O) groups excluding carboxylic acids is 1. The average Bonchev–Trinajstić information content (AvgIpc) is 3.12. The van der Waals surface area contributed by atoms with E-state index in [0.717, 1.165) is 49.0 Å². The van der Waals surface area contributed by atoms with Crippen LogP contribution in [0.1, 0.15) is 36.0 Å². The van der Waals surface area contributed by atoms with Crippen molar-refractivity contribution >= 4 is 11.6 Å². The number of amides is 1. The standard InChI is InChI=1S/C15H14N2O/c16-9-15(3-4-15)12-6-10-2-1-5-17-13(18)8-11(7-12)14(10)17/h6-7H,1-5,8H2. The lowest BCUT2D eigenvalue weighted by molar-refractivity contribution is -0.117. The van der Waals surface area contributed by atoms with Gasteiger partial charge in [-0.1, -0.05) is 12.1 Å². The van der Waals surface area contributed by atoms with Crippen LogP contribution in [0.2, 0.25) is 0 Å². The number of anilines is 1. The summed E-state index contributed by atoms with van der Waals surface area (Å²) in [4.78, 5) is 13.9. The average molecular weight is 238 g/mol. The second-order valence-electron chi connectivity index (χ2n) is 5.66. The van der Waals surface area contributed by atoms with Crippen LogP contribution in [0.25, 0.3) is 0 Å². The summed E-state index contributed by atoms with van der Waals surface area (Å²) >= 11 is 0. The zero-order chi connectivity index (χ0) is 12.3. The van der Waals surface area contributed by atoms with Crippen LogP contribution >= 0.6 is 0 Å². The molecule has 0 spiro atoms. The van der Waals surface area contributed by atoms with Gasteiger partial charge in [0.15, 0.2) is 0 Å². The Morgan fingerprint density at radius 3 is 2.78 bits per heavy atom. The fourth-order valence-electron chi connectivity index (χ4n) is 3.35. The van der Waals surface area contributed by atoms with Crippen molar-refractivity contribution in [2.24, 2.45) is 0 Å². The molecule has 0 unspecified atom stereocenters. The lowest BCUT2D eigenvalue weighted by Gasteiger charge is -2.26. The van der Waals surface area contributed by atoms with Gasteiger partial charge in [0, 0.05) is 6.54 Å². The molecule has 1 amide bonds. The van der Waals surface area contributed by atoms with Crippen molar-refractivity contribution in [2.45, 2.75) is 37.5 Å². The lowest BCUT2D eigenvalue weighted by Crippen LogP contribution is -2.31. The van der Waals surface area contributed by atoms with E-state index in [1.165, 1.54) is 5.56 Å². The molecule has 2 aliphatic heterocycles. The molecule has 1 aromatic rings. The monoisotopic (exact) mass is 238 g/mol. The van der Waals surface area contributed by atoms with Gasteiger partial charge in [0.05, 0.1) is 23.6 Å². The molecule has 1 aromatic carbocycles. The van der Waals surface area contributed by atoms with Crippen LogP contribution < -0.4 is 4.90 Å². The largest absolute Gasteiger partial charge is 0.312 e. The molecule has 3 aliphatic rings. The third-order valence-electron chi connectivity index (χ3n) is 4.52. The summed E-state index contributed by atoms with van der Waals surface area (Å²) in [6, 6.07) is 6.74. The van der Waals surface area contributed by atoms with E-state index in [1.54, 1.807) is 0 Å². The van der Waals surface area contributed by atoms with Gasteiger partial charge in [-0.2, -0.15) is 5.26 Å². The second kappa shape index (κ2) is 3.14. The molecule has 0 bridgehead atoms. The second-order valence-corrected chi connectivity index (χ2v) is 5.66. The Hall–Kier alpha value is -1.82. The normalized spacial score (nSPS) is 22.6. The van der Waals surface area contributed by atoms with Gasteiger partial charge >= 0.3 is 0 Å². The van der Waals surface area contributed by atoms with E-state index in [2.05, 4.69) is 18.2 Å². The zero-order valence-electron chi connectivity index (χ0n) is 10.2. The van der Waals surface area contributed by atoms with Gasteiger partial charge in [-0.25, -0.2) is 0 Å². The Balaban J connectivity index is 1.91. The molecule has 1 fully saturated rings. The number of nitrogens with zero attached hydrogens (tertiary/aromatic N) is 2. The molecular weight excluding hydrogens is 224 g/mol. The highest BCUT2D eigenvalue weighted by Gasteiger charge is 2.46. The third kappa shape index (κ3) is 1.16. The van der Waals surface area contributed by atoms with Crippen molar-refractivity contribution in [3.8, 4) is 6.07 Å². The predicted molar refractivity (Wildman–Crippen MR) is 67.3 cm³/mol. The Morgan fingerprint density at radius 2 is 2.06 bits per heavy atom.